The summed E-state index contributed by atoms with van der Waals surface area (Å²) in [7, 11) is 0. The molecule has 96 valence electrons. The van der Waals surface area contributed by atoms with E-state index in [1.54, 1.807) is 6.92 Å². The van der Waals surface area contributed by atoms with Gasteiger partial charge in [0.25, 0.3) is 0 Å². The van der Waals surface area contributed by atoms with Gasteiger partial charge < -0.3 is 4.74 Å². The molecule has 0 spiro atoms. The third-order valence-corrected chi connectivity index (χ3v) is 3.69. The van der Waals surface area contributed by atoms with E-state index >= 15 is 0 Å². The van der Waals surface area contributed by atoms with Crippen LogP contribution in [0.2, 0.25) is 0 Å². The van der Waals surface area contributed by atoms with Crippen molar-refractivity contribution in [1.82, 2.24) is 0 Å². The van der Waals surface area contributed by atoms with Crippen LogP contribution in [0.5, 0.6) is 0 Å². The van der Waals surface area contributed by atoms with Crippen LogP contribution in [0.15, 0.2) is 48.6 Å². The largest absolute Gasteiger partial charge is 0.462 e. The number of carbonyl (C=O) groups is 1. The lowest BCUT2D eigenvalue weighted by Crippen LogP contribution is -2.12. The average molecular weight is 252 g/mol. The Hall–Kier alpha value is -2.09. The van der Waals surface area contributed by atoms with E-state index in [2.05, 4.69) is 43.0 Å². The first-order valence-corrected chi connectivity index (χ1v) is 6.50. The van der Waals surface area contributed by atoms with E-state index in [1.165, 1.54) is 21.9 Å². The van der Waals surface area contributed by atoms with Crippen molar-refractivity contribution in [1.29, 1.82) is 0 Å². The predicted octanol–water partition coefficient (Wildman–Crippen LogP) is 3.60. The zero-order chi connectivity index (χ0) is 13.4. The molecule has 0 amide bonds. The smallest absolute Gasteiger partial charge is 0.333 e. The number of ether oxygens (including phenoxy) is 1. The van der Waals surface area contributed by atoms with Crippen LogP contribution in [-0.2, 0) is 16.0 Å². The highest BCUT2D eigenvalue weighted by atomic mass is 16.5. The van der Waals surface area contributed by atoms with Crippen LogP contribution < -0.4 is 0 Å². The zero-order valence-corrected chi connectivity index (χ0v) is 11.0. The van der Waals surface area contributed by atoms with E-state index in [-0.39, 0.29) is 11.9 Å². The quantitative estimate of drug-likeness (QED) is 0.616. The molecule has 3 rings (SSSR count). The molecular weight excluding hydrogens is 236 g/mol. The summed E-state index contributed by atoms with van der Waals surface area (Å²) in [6.45, 7) is 5.71. The van der Waals surface area contributed by atoms with Gasteiger partial charge in [-0.25, -0.2) is 4.79 Å². The molecule has 0 aliphatic heterocycles. The van der Waals surface area contributed by atoms with Gasteiger partial charge in [0, 0.05) is 11.5 Å². The molecule has 1 aliphatic rings. The van der Waals surface area contributed by atoms with Crippen molar-refractivity contribution in [2.75, 3.05) is 6.61 Å². The highest BCUT2D eigenvalue weighted by molar-refractivity contribution is 5.91. The highest BCUT2D eigenvalue weighted by Crippen LogP contribution is 2.38. The van der Waals surface area contributed by atoms with Crippen molar-refractivity contribution in [2.45, 2.75) is 19.3 Å². The number of hydrogen-bond acceptors (Lipinski definition) is 2. The van der Waals surface area contributed by atoms with Crippen molar-refractivity contribution in [3.05, 3.63) is 59.7 Å². The Morgan fingerprint density at radius 3 is 2.79 bits per heavy atom. The second kappa shape index (κ2) is 4.54. The third kappa shape index (κ3) is 2.03. The van der Waals surface area contributed by atoms with Gasteiger partial charge in [-0.05, 0) is 35.2 Å². The van der Waals surface area contributed by atoms with E-state index < -0.39 is 0 Å². The van der Waals surface area contributed by atoms with E-state index in [0.29, 0.717) is 12.2 Å². The van der Waals surface area contributed by atoms with Gasteiger partial charge in [0.05, 0.1) is 6.61 Å². The molecule has 0 fully saturated rings. The van der Waals surface area contributed by atoms with Crippen molar-refractivity contribution in [2.24, 2.45) is 0 Å². The number of benzene rings is 2. The predicted molar refractivity (Wildman–Crippen MR) is 76.2 cm³/mol. The van der Waals surface area contributed by atoms with Crippen molar-refractivity contribution < 1.29 is 9.53 Å². The summed E-state index contributed by atoms with van der Waals surface area (Å²) in [5.41, 5.74) is 3.10. The van der Waals surface area contributed by atoms with E-state index in [0.717, 1.165) is 6.42 Å². The lowest BCUT2D eigenvalue weighted by molar-refractivity contribution is -0.139. The standard InChI is InChI=1S/C17H16O2/c1-11(2)17(18)19-10-14-9-13-7-3-5-12-6-4-8-15(14)16(12)13/h3-8,14H,1,9-10H2,2H3. The summed E-state index contributed by atoms with van der Waals surface area (Å²) in [6.07, 6.45) is 0.945. The van der Waals surface area contributed by atoms with Crippen molar-refractivity contribution in [3.63, 3.8) is 0 Å². The topological polar surface area (TPSA) is 26.3 Å². The second-order valence-electron chi connectivity index (χ2n) is 5.14. The van der Waals surface area contributed by atoms with E-state index in [9.17, 15) is 4.79 Å². The van der Waals surface area contributed by atoms with Crippen LogP contribution in [0.3, 0.4) is 0 Å². The maximum Gasteiger partial charge on any atom is 0.333 e. The fourth-order valence-electron chi connectivity index (χ4n) is 2.78. The molecule has 19 heavy (non-hydrogen) atoms. The molecule has 2 heteroatoms. The summed E-state index contributed by atoms with van der Waals surface area (Å²) in [5, 5.41) is 2.60. The normalized spacial score (nSPS) is 16.6. The molecule has 1 atom stereocenters. The first-order chi connectivity index (χ1) is 9.16. The maximum absolute atomic E-state index is 11.5. The molecule has 0 radical (unpaired) electrons. The average Bonchev–Trinajstić information content (AvgIpc) is 2.77. The van der Waals surface area contributed by atoms with Gasteiger partial charge >= 0.3 is 5.97 Å². The third-order valence-electron chi connectivity index (χ3n) is 3.69. The van der Waals surface area contributed by atoms with Crippen molar-refractivity contribution in [3.8, 4) is 0 Å². The van der Waals surface area contributed by atoms with Gasteiger partial charge in [-0.1, -0.05) is 43.0 Å². The molecule has 0 bridgehead atoms. The summed E-state index contributed by atoms with van der Waals surface area (Å²) in [6, 6.07) is 12.7. The number of esters is 1. The Balaban J connectivity index is 1.87. The van der Waals surface area contributed by atoms with Gasteiger partial charge in [-0.2, -0.15) is 0 Å². The molecule has 0 aromatic heterocycles. The Bertz CT molecular complexity index is 665. The highest BCUT2D eigenvalue weighted by Gasteiger charge is 2.25. The minimum Gasteiger partial charge on any atom is -0.462 e. The monoisotopic (exact) mass is 252 g/mol. The van der Waals surface area contributed by atoms with Crippen LogP contribution >= 0.6 is 0 Å². The van der Waals surface area contributed by atoms with Crippen LogP contribution in [0, 0.1) is 0 Å². The molecule has 1 aliphatic carbocycles. The molecule has 2 aromatic rings. The first kappa shape index (κ1) is 12.0. The van der Waals surface area contributed by atoms with Crippen LogP contribution in [0.25, 0.3) is 10.8 Å². The number of carbonyl (C=O) groups excluding carboxylic acids is 1. The van der Waals surface area contributed by atoms with Gasteiger partial charge in [0.2, 0.25) is 0 Å². The Morgan fingerprint density at radius 2 is 2.05 bits per heavy atom. The van der Waals surface area contributed by atoms with E-state index in [1.807, 2.05) is 0 Å². The molecule has 2 nitrogen and oxygen atoms in total. The molecule has 1 unspecified atom stereocenters. The zero-order valence-electron chi connectivity index (χ0n) is 11.0. The minimum atomic E-state index is -0.303. The van der Waals surface area contributed by atoms with Gasteiger partial charge in [0.1, 0.15) is 0 Å². The Morgan fingerprint density at radius 1 is 1.32 bits per heavy atom. The summed E-state index contributed by atoms with van der Waals surface area (Å²) in [4.78, 5) is 11.5. The fraction of sp³-hybridized carbons (Fsp3) is 0.235. The molecule has 0 saturated heterocycles. The summed E-state index contributed by atoms with van der Waals surface area (Å²) in [5.74, 6) is -0.0347. The van der Waals surface area contributed by atoms with Gasteiger partial charge in [-0.15, -0.1) is 0 Å². The minimum absolute atomic E-state index is 0.268. The lowest BCUT2D eigenvalue weighted by atomic mass is 10.0. The Kier molecular flexibility index (Phi) is 2.86. The van der Waals surface area contributed by atoms with Crippen LogP contribution in [0.4, 0.5) is 0 Å². The van der Waals surface area contributed by atoms with Gasteiger partial charge in [0.15, 0.2) is 0 Å². The second-order valence-corrected chi connectivity index (χ2v) is 5.14. The van der Waals surface area contributed by atoms with E-state index in [4.69, 9.17) is 4.74 Å². The van der Waals surface area contributed by atoms with Crippen LogP contribution in [-0.4, -0.2) is 12.6 Å². The SMILES string of the molecule is C=C(C)C(=O)OCC1Cc2cccc3cccc1c23. The lowest BCUT2D eigenvalue weighted by Gasteiger charge is -2.12. The summed E-state index contributed by atoms with van der Waals surface area (Å²) < 4.78 is 5.31. The first-order valence-electron chi connectivity index (χ1n) is 6.50. The molecule has 2 aromatic carbocycles. The Labute approximate surface area is 112 Å². The molecule has 0 heterocycles. The van der Waals surface area contributed by atoms with Gasteiger partial charge in [-0.3, -0.25) is 0 Å². The van der Waals surface area contributed by atoms with Crippen molar-refractivity contribution >= 4 is 16.7 Å². The maximum atomic E-state index is 11.5. The molecular formula is C17H16O2. The fourth-order valence-corrected chi connectivity index (χ4v) is 2.78. The summed E-state index contributed by atoms with van der Waals surface area (Å²) >= 11 is 0. The molecule has 0 N–H and O–H groups in total. The van der Waals surface area contributed by atoms with Crippen LogP contribution in [0.1, 0.15) is 24.0 Å². The number of rotatable bonds is 3. The number of hydrogen-bond donors (Lipinski definition) is 0. The molecule has 0 saturated carbocycles.